The molecular weight excluding hydrogens is 328 g/mol. The van der Waals surface area contributed by atoms with Gasteiger partial charge in [0.2, 0.25) is 5.91 Å². The molecule has 0 radical (unpaired) electrons. The maximum Gasteiger partial charge on any atom is 0.407 e. The van der Waals surface area contributed by atoms with Crippen LogP contribution in [0, 0.1) is 5.92 Å². The predicted molar refractivity (Wildman–Crippen MR) is 97.0 cm³/mol. The first-order chi connectivity index (χ1) is 12.6. The Morgan fingerprint density at radius 2 is 1.92 bits per heavy atom. The molecule has 2 aliphatic heterocycles. The van der Waals surface area contributed by atoms with Gasteiger partial charge in [0.15, 0.2) is 0 Å². The SMILES string of the molecule is O=C1NC2(CO1)CC(C(=O)N1CCC(c3ccc4c(c3)CCC4)CC1)C2. The number of nitrogens with one attached hydrogen (secondary N) is 1. The summed E-state index contributed by atoms with van der Waals surface area (Å²) in [5, 5.41) is 2.87. The van der Waals surface area contributed by atoms with Gasteiger partial charge < -0.3 is 15.0 Å². The summed E-state index contributed by atoms with van der Waals surface area (Å²) >= 11 is 0. The Labute approximate surface area is 154 Å². The summed E-state index contributed by atoms with van der Waals surface area (Å²) in [6, 6.07) is 7.05. The molecule has 138 valence electrons. The molecule has 2 saturated heterocycles. The van der Waals surface area contributed by atoms with Crippen LogP contribution in [0.15, 0.2) is 18.2 Å². The number of fused-ring (bicyclic) bond motifs is 1. The monoisotopic (exact) mass is 354 g/mol. The predicted octanol–water partition coefficient (Wildman–Crippen LogP) is 2.77. The Bertz CT molecular complexity index is 746. The first-order valence-electron chi connectivity index (χ1n) is 9.97. The summed E-state index contributed by atoms with van der Waals surface area (Å²) in [7, 11) is 0. The van der Waals surface area contributed by atoms with Gasteiger partial charge in [-0.3, -0.25) is 4.79 Å². The van der Waals surface area contributed by atoms with Crippen LogP contribution < -0.4 is 5.32 Å². The lowest BCUT2D eigenvalue weighted by molar-refractivity contribution is -0.142. The minimum absolute atomic E-state index is 0.0496. The molecule has 2 aliphatic carbocycles. The number of rotatable bonds is 2. The molecule has 1 aromatic carbocycles. The van der Waals surface area contributed by atoms with Gasteiger partial charge in [-0.25, -0.2) is 4.79 Å². The maximum absolute atomic E-state index is 12.8. The van der Waals surface area contributed by atoms with Crippen LogP contribution in [-0.2, 0) is 22.4 Å². The number of cyclic esters (lactones) is 1. The summed E-state index contributed by atoms with van der Waals surface area (Å²) in [6.45, 7) is 2.12. The molecule has 2 heterocycles. The fourth-order valence-corrected chi connectivity index (χ4v) is 5.31. The average Bonchev–Trinajstić information content (AvgIpc) is 3.26. The highest BCUT2D eigenvalue weighted by Crippen LogP contribution is 2.42. The van der Waals surface area contributed by atoms with E-state index in [9.17, 15) is 9.59 Å². The second kappa shape index (κ2) is 6.00. The third-order valence-corrected chi connectivity index (χ3v) is 6.87. The summed E-state index contributed by atoms with van der Waals surface area (Å²) < 4.78 is 5.00. The standard InChI is InChI=1S/C21H26N2O3/c24-19(18-11-21(12-18)13-26-20(25)22-21)23-8-6-15(7-9-23)17-5-4-14-2-1-3-16(14)10-17/h4-5,10,15,18H,1-3,6-9,11-13H2,(H,22,25). The van der Waals surface area contributed by atoms with Crippen molar-refractivity contribution in [3.8, 4) is 0 Å². The molecule has 1 N–H and O–H groups in total. The number of carbonyl (C=O) groups is 2. The Morgan fingerprint density at radius 1 is 1.15 bits per heavy atom. The van der Waals surface area contributed by atoms with E-state index in [1.807, 2.05) is 4.90 Å². The first-order valence-corrected chi connectivity index (χ1v) is 9.97. The second-order valence-corrected chi connectivity index (χ2v) is 8.57. The van der Waals surface area contributed by atoms with Crippen molar-refractivity contribution in [1.29, 1.82) is 0 Å². The highest BCUT2D eigenvalue weighted by Gasteiger charge is 2.53. The largest absolute Gasteiger partial charge is 0.447 e. The van der Waals surface area contributed by atoms with Gasteiger partial charge in [0.05, 0.1) is 5.54 Å². The highest BCUT2D eigenvalue weighted by atomic mass is 16.6. The van der Waals surface area contributed by atoms with Crippen molar-refractivity contribution in [2.75, 3.05) is 19.7 Å². The zero-order chi connectivity index (χ0) is 17.7. The van der Waals surface area contributed by atoms with Gasteiger partial charge in [-0.15, -0.1) is 0 Å². The van der Waals surface area contributed by atoms with Gasteiger partial charge in [0.1, 0.15) is 6.61 Å². The number of alkyl carbamates (subject to hydrolysis) is 1. The molecule has 1 spiro atoms. The smallest absolute Gasteiger partial charge is 0.407 e. The van der Waals surface area contributed by atoms with E-state index in [1.165, 1.54) is 30.4 Å². The van der Waals surface area contributed by atoms with Crippen LogP contribution in [0.3, 0.4) is 0 Å². The molecule has 26 heavy (non-hydrogen) atoms. The van der Waals surface area contributed by atoms with E-state index in [2.05, 4.69) is 23.5 Å². The topological polar surface area (TPSA) is 58.6 Å². The van der Waals surface area contributed by atoms with Crippen LogP contribution in [0.25, 0.3) is 0 Å². The number of likely N-dealkylation sites (tertiary alicyclic amines) is 1. The molecule has 0 aromatic heterocycles. The Kier molecular flexibility index (Phi) is 3.73. The number of carbonyl (C=O) groups excluding carboxylic acids is 2. The summed E-state index contributed by atoms with van der Waals surface area (Å²) in [5.74, 6) is 0.901. The third-order valence-electron chi connectivity index (χ3n) is 6.87. The molecule has 0 atom stereocenters. The third kappa shape index (κ3) is 2.68. The van der Waals surface area contributed by atoms with Crippen molar-refractivity contribution in [3.63, 3.8) is 0 Å². The maximum atomic E-state index is 12.8. The van der Waals surface area contributed by atoms with Crippen molar-refractivity contribution < 1.29 is 14.3 Å². The quantitative estimate of drug-likeness (QED) is 0.888. The minimum Gasteiger partial charge on any atom is -0.447 e. The van der Waals surface area contributed by atoms with E-state index < -0.39 is 0 Å². The molecular formula is C21H26N2O3. The van der Waals surface area contributed by atoms with Crippen molar-refractivity contribution in [2.45, 2.75) is 56.4 Å². The van der Waals surface area contributed by atoms with Crippen molar-refractivity contribution in [2.24, 2.45) is 5.92 Å². The number of hydrogen-bond acceptors (Lipinski definition) is 3. The van der Waals surface area contributed by atoms with Gasteiger partial charge in [-0.1, -0.05) is 18.2 Å². The fourth-order valence-electron chi connectivity index (χ4n) is 5.31. The van der Waals surface area contributed by atoms with Gasteiger partial charge in [-0.2, -0.15) is 0 Å². The normalized spacial score (nSPS) is 30.7. The van der Waals surface area contributed by atoms with Gasteiger partial charge in [0, 0.05) is 19.0 Å². The van der Waals surface area contributed by atoms with Crippen LogP contribution in [0.2, 0.25) is 0 Å². The zero-order valence-corrected chi connectivity index (χ0v) is 15.1. The molecule has 0 bridgehead atoms. The Hall–Kier alpha value is -2.04. The van der Waals surface area contributed by atoms with E-state index in [4.69, 9.17) is 4.74 Å². The van der Waals surface area contributed by atoms with E-state index in [1.54, 1.807) is 5.56 Å². The molecule has 1 aromatic rings. The van der Waals surface area contributed by atoms with Gasteiger partial charge in [0.25, 0.3) is 0 Å². The first kappa shape index (κ1) is 16.2. The van der Waals surface area contributed by atoms with Gasteiger partial charge in [-0.05, 0) is 67.6 Å². The van der Waals surface area contributed by atoms with Crippen LogP contribution in [-0.4, -0.2) is 42.1 Å². The molecule has 0 unspecified atom stereocenters. The number of benzene rings is 1. The van der Waals surface area contributed by atoms with Crippen molar-refractivity contribution >= 4 is 12.0 Å². The van der Waals surface area contributed by atoms with Crippen molar-refractivity contribution in [3.05, 3.63) is 34.9 Å². The number of aryl methyl sites for hydroxylation is 2. The summed E-state index contributed by atoms with van der Waals surface area (Å²) in [6.07, 6.45) is 6.97. The van der Waals surface area contributed by atoms with E-state index >= 15 is 0 Å². The fraction of sp³-hybridized carbons (Fsp3) is 0.619. The Morgan fingerprint density at radius 3 is 2.65 bits per heavy atom. The molecule has 3 fully saturated rings. The average molecular weight is 354 g/mol. The number of hydrogen-bond donors (Lipinski definition) is 1. The Balaban J connectivity index is 1.16. The van der Waals surface area contributed by atoms with E-state index in [0.29, 0.717) is 12.5 Å². The number of ether oxygens (including phenoxy) is 1. The molecule has 1 saturated carbocycles. The lowest BCUT2D eigenvalue weighted by Gasteiger charge is -2.45. The highest BCUT2D eigenvalue weighted by molar-refractivity contribution is 5.81. The van der Waals surface area contributed by atoms with Crippen LogP contribution in [0.1, 0.15) is 54.7 Å². The van der Waals surface area contributed by atoms with E-state index in [-0.39, 0.29) is 23.5 Å². The molecule has 5 rings (SSSR count). The lowest BCUT2D eigenvalue weighted by Crippen LogP contribution is -2.58. The van der Waals surface area contributed by atoms with Crippen LogP contribution in [0.5, 0.6) is 0 Å². The zero-order valence-electron chi connectivity index (χ0n) is 15.1. The van der Waals surface area contributed by atoms with E-state index in [0.717, 1.165) is 38.8 Å². The number of piperidine rings is 1. The minimum atomic E-state index is -0.342. The number of amides is 2. The molecule has 4 aliphatic rings. The van der Waals surface area contributed by atoms with Crippen LogP contribution >= 0.6 is 0 Å². The summed E-state index contributed by atoms with van der Waals surface area (Å²) in [4.78, 5) is 26.1. The molecule has 5 nitrogen and oxygen atoms in total. The van der Waals surface area contributed by atoms with Gasteiger partial charge >= 0.3 is 6.09 Å². The lowest BCUT2D eigenvalue weighted by atomic mass is 9.68. The molecule has 2 amide bonds. The van der Waals surface area contributed by atoms with Crippen molar-refractivity contribution in [1.82, 2.24) is 10.2 Å². The number of nitrogens with zero attached hydrogens (tertiary/aromatic N) is 1. The summed E-state index contributed by atoms with van der Waals surface area (Å²) in [5.41, 5.74) is 4.27. The van der Waals surface area contributed by atoms with Crippen LogP contribution in [0.4, 0.5) is 4.79 Å². The molecule has 5 heteroatoms. The second-order valence-electron chi connectivity index (χ2n) is 8.57.